The zero-order valence-corrected chi connectivity index (χ0v) is 17.6. The van der Waals surface area contributed by atoms with Crippen molar-refractivity contribution >= 4 is 17.8 Å². The third-order valence-corrected chi connectivity index (χ3v) is 7.43. The van der Waals surface area contributed by atoms with Crippen molar-refractivity contribution in [3.8, 4) is 0 Å². The maximum atomic E-state index is 12.9. The summed E-state index contributed by atoms with van der Waals surface area (Å²) >= 11 is 0. The van der Waals surface area contributed by atoms with Gasteiger partial charge in [0, 0.05) is 12.5 Å². The molecule has 0 spiro atoms. The summed E-state index contributed by atoms with van der Waals surface area (Å²) in [5, 5.41) is 3.24. The summed E-state index contributed by atoms with van der Waals surface area (Å²) in [5.74, 6) is 0.765. The van der Waals surface area contributed by atoms with Gasteiger partial charge in [-0.1, -0.05) is 45.0 Å². The SMILES string of the molecule is CCC1(CC)CC(=O)N(CC2C(C)C2C(=O)N[C@H]2CCc3ccccc32)C(N)=N1. The molecule has 3 unspecified atom stereocenters. The molecule has 2 aliphatic carbocycles. The normalized spacial score (nSPS) is 30.0. The Balaban J connectivity index is 1.39. The van der Waals surface area contributed by atoms with E-state index >= 15 is 0 Å². The summed E-state index contributed by atoms with van der Waals surface area (Å²) in [5.41, 5.74) is 8.39. The van der Waals surface area contributed by atoms with E-state index in [1.165, 1.54) is 11.1 Å². The molecular weight excluding hydrogens is 364 g/mol. The van der Waals surface area contributed by atoms with Crippen molar-refractivity contribution in [2.75, 3.05) is 6.54 Å². The lowest BCUT2D eigenvalue weighted by Crippen LogP contribution is -2.52. The number of aliphatic imine (C=N–C) groups is 1. The van der Waals surface area contributed by atoms with Crippen molar-refractivity contribution in [3.05, 3.63) is 35.4 Å². The van der Waals surface area contributed by atoms with Gasteiger partial charge in [-0.25, -0.2) is 4.99 Å². The minimum atomic E-state index is -0.362. The van der Waals surface area contributed by atoms with Crippen LogP contribution in [0.15, 0.2) is 29.3 Å². The third kappa shape index (κ3) is 3.53. The molecule has 6 nitrogen and oxygen atoms in total. The van der Waals surface area contributed by atoms with Crippen molar-refractivity contribution in [1.29, 1.82) is 0 Å². The number of hydrogen-bond acceptors (Lipinski definition) is 4. The Morgan fingerprint density at radius 1 is 1.31 bits per heavy atom. The Kier molecular flexibility index (Phi) is 5.13. The second kappa shape index (κ2) is 7.47. The molecule has 1 aliphatic heterocycles. The molecule has 4 rings (SSSR count). The van der Waals surface area contributed by atoms with Crippen LogP contribution in [0.3, 0.4) is 0 Å². The second-order valence-electron chi connectivity index (χ2n) is 8.93. The molecule has 1 heterocycles. The van der Waals surface area contributed by atoms with Gasteiger partial charge in [-0.2, -0.15) is 0 Å². The van der Waals surface area contributed by atoms with E-state index in [0.717, 1.165) is 25.7 Å². The first-order valence-electron chi connectivity index (χ1n) is 10.9. The van der Waals surface area contributed by atoms with Crippen LogP contribution in [-0.4, -0.2) is 34.8 Å². The van der Waals surface area contributed by atoms with E-state index < -0.39 is 0 Å². The van der Waals surface area contributed by atoms with E-state index in [-0.39, 0.29) is 41.1 Å². The van der Waals surface area contributed by atoms with Crippen LogP contribution >= 0.6 is 0 Å². The van der Waals surface area contributed by atoms with Crippen LogP contribution in [0.1, 0.15) is 63.6 Å². The van der Waals surface area contributed by atoms with Crippen molar-refractivity contribution in [3.63, 3.8) is 0 Å². The Labute approximate surface area is 172 Å². The molecule has 1 fully saturated rings. The molecule has 2 amide bonds. The lowest BCUT2D eigenvalue weighted by molar-refractivity contribution is -0.130. The zero-order valence-electron chi connectivity index (χ0n) is 17.6. The number of nitrogens with two attached hydrogens (primary N) is 1. The number of fused-ring (bicyclic) bond motifs is 1. The summed E-state index contributed by atoms with van der Waals surface area (Å²) in [6.45, 7) is 6.67. The molecule has 1 saturated carbocycles. The summed E-state index contributed by atoms with van der Waals surface area (Å²) < 4.78 is 0. The quantitative estimate of drug-likeness (QED) is 0.775. The van der Waals surface area contributed by atoms with Crippen molar-refractivity contribution in [1.82, 2.24) is 10.2 Å². The molecule has 0 aromatic heterocycles. The monoisotopic (exact) mass is 396 g/mol. The maximum Gasteiger partial charge on any atom is 0.231 e. The van der Waals surface area contributed by atoms with E-state index in [9.17, 15) is 9.59 Å². The van der Waals surface area contributed by atoms with Gasteiger partial charge < -0.3 is 11.1 Å². The van der Waals surface area contributed by atoms with E-state index in [4.69, 9.17) is 5.73 Å². The number of rotatable bonds is 6. The third-order valence-electron chi connectivity index (χ3n) is 7.43. The molecule has 3 N–H and O–H groups in total. The Morgan fingerprint density at radius 3 is 2.72 bits per heavy atom. The summed E-state index contributed by atoms with van der Waals surface area (Å²) in [6, 6.07) is 8.43. The number of amides is 2. The number of nitrogens with one attached hydrogen (secondary N) is 1. The lowest BCUT2D eigenvalue weighted by atomic mass is 9.88. The molecule has 6 heteroatoms. The van der Waals surface area contributed by atoms with Crippen LogP contribution < -0.4 is 11.1 Å². The number of carbonyl (C=O) groups excluding carboxylic acids is 2. The topological polar surface area (TPSA) is 87.8 Å². The van der Waals surface area contributed by atoms with Crippen LogP contribution in [0.4, 0.5) is 0 Å². The first kappa shape index (κ1) is 19.9. The highest BCUT2D eigenvalue weighted by molar-refractivity contribution is 5.99. The van der Waals surface area contributed by atoms with Crippen LogP contribution in [-0.2, 0) is 16.0 Å². The van der Waals surface area contributed by atoms with Gasteiger partial charge in [-0.05, 0) is 48.6 Å². The van der Waals surface area contributed by atoms with Gasteiger partial charge in [0.25, 0.3) is 0 Å². The van der Waals surface area contributed by atoms with E-state index in [2.05, 4.69) is 35.4 Å². The van der Waals surface area contributed by atoms with Crippen molar-refractivity contribution in [2.45, 2.75) is 64.5 Å². The summed E-state index contributed by atoms with van der Waals surface area (Å²) in [4.78, 5) is 31.9. The standard InChI is InChI=1S/C23H32N4O2/c1-4-23(5-2)12-19(28)27(22(24)26-23)13-17-14(3)20(17)21(29)25-18-11-10-15-8-6-7-9-16(15)18/h6-9,14,17-18,20H,4-5,10-13H2,1-3H3,(H2,24,26)(H,25,29)/t14?,17?,18-,20?/m0/s1. The number of aryl methyl sites for hydroxylation is 1. The van der Waals surface area contributed by atoms with Crippen LogP contribution in [0.25, 0.3) is 0 Å². The van der Waals surface area contributed by atoms with Gasteiger partial charge in [-0.15, -0.1) is 0 Å². The molecule has 4 atom stereocenters. The number of benzene rings is 1. The first-order valence-corrected chi connectivity index (χ1v) is 10.9. The fraction of sp³-hybridized carbons (Fsp3) is 0.609. The van der Waals surface area contributed by atoms with Crippen molar-refractivity contribution < 1.29 is 9.59 Å². The number of nitrogens with zero attached hydrogens (tertiary/aromatic N) is 2. The number of hydrogen-bond donors (Lipinski definition) is 2. The number of guanidine groups is 1. The van der Waals surface area contributed by atoms with Crippen molar-refractivity contribution in [2.24, 2.45) is 28.5 Å². The molecule has 1 aromatic rings. The average Bonchev–Trinajstić information content (AvgIpc) is 3.18. The molecule has 0 radical (unpaired) electrons. The Morgan fingerprint density at radius 2 is 2.03 bits per heavy atom. The Bertz CT molecular complexity index is 845. The second-order valence-corrected chi connectivity index (χ2v) is 8.93. The van der Waals surface area contributed by atoms with Gasteiger partial charge in [0.1, 0.15) is 0 Å². The van der Waals surface area contributed by atoms with Gasteiger partial charge in [0.05, 0.1) is 18.0 Å². The van der Waals surface area contributed by atoms with E-state index in [0.29, 0.717) is 18.9 Å². The summed E-state index contributed by atoms with van der Waals surface area (Å²) in [7, 11) is 0. The largest absolute Gasteiger partial charge is 0.369 e. The smallest absolute Gasteiger partial charge is 0.231 e. The molecule has 0 bridgehead atoms. The predicted octanol–water partition coefficient (Wildman–Crippen LogP) is 2.78. The fourth-order valence-corrected chi connectivity index (χ4v) is 5.15. The van der Waals surface area contributed by atoms with Crippen LogP contribution in [0.2, 0.25) is 0 Å². The minimum absolute atomic E-state index is 0.0316. The highest BCUT2D eigenvalue weighted by Crippen LogP contribution is 2.47. The van der Waals surface area contributed by atoms with Gasteiger partial charge >= 0.3 is 0 Å². The van der Waals surface area contributed by atoms with E-state index in [1.807, 2.05) is 19.9 Å². The molecule has 29 heavy (non-hydrogen) atoms. The van der Waals surface area contributed by atoms with Crippen LogP contribution in [0, 0.1) is 17.8 Å². The Hall–Kier alpha value is -2.37. The first-order chi connectivity index (χ1) is 13.9. The highest BCUT2D eigenvalue weighted by atomic mass is 16.2. The van der Waals surface area contributed by atoms with Gasteiger partial charge in [0.2, 0.25) is 11.8 Å². The summed E-state index contributed by atoms with van der Waals surface area (Å²) in [6.07, 6.45) is 3.97. The molecule has 156 valence electrons. The molecule has 3 aliphatic rings. The maximum absolute atomic E-state index is 12.9. The highest BCUT2D eigenvalue weighted by Gasteiger charge is 2.53. The molecule has 1 aromatic carbocycles. The van der Waals surface area contributed by atoms with Gasteiger partial charge in [0.15, 0.2) is 5.96 Å². The number of carbonyl (C=O) groups is 2. The average molecular weight is 397 g/mol. The molecular formula is C23H32N4O2. The molecule has 0 saturated heterocycles. The lowest BCUT2D eigenvalue weighted by Gasteiger charge is -2.36. The predicted molar refractivity (Wildman–Crippen MR) is 113 cm³/mol. The zero-order chi connectivity index (χ0) is 20.8. The minimum Gasteiger partial charge on any atom is -0.369 e. The fourth-order valence-electron chi connectivity index (χ4n) is 5.15. The van der Waals surface area contributed by atoms with Crippen LogP contribution in [0.5, 0.6) is 0 Å². The van der Waals surface area contributed by atoms with Gasteiger partial charge in [-0.3, -0.25) is 14.5 Å². The van der Waals surface area contributed by atoms with E-state index in [1.54, 1.807) is 4.90 Å².